The number of terminal acetylenes is 1. The van der Waals surface area contributed by atoms with E-state index < -0.39 is 83.5 Å². The van der Waals surface area contributed by atoms with Gasteiger partial charge in [-0.05, 0) is 62.1 Å². The number of halogens is 7. The van der Waals surface area contributed by atoms with Crippen molar-refractivity contribution in [2.45, 2.75) is 63.1 Å². The number of methoxy groups -OCH3 is 1. The molecule has 2 amide bonds. The summed E-state index contributed by atoms with van der Waals surface area (Å²) in [7, 11) is 2.72. The molecule has 2 aromatic carbocycles. The molecule has 6 rings (SSSR count). The molecule has 0 saturated carbocycles. The fraction of sp³-hybridized carbons (Fsp3) is 0.308. The number of ether oxygens (including phenoxy) is 1. The van der Waals surface area contributed by atoms with Crippen LogP contribution in [0.4, 0.5) is 37.0 Å². The number of rotatable bonds is 9. The Morgan fingerprint density at radius 3 is 2.42 bits per heavy atom. The number of aromatic nitrogens is 5. The smallest absolute Gasteiger partial charge is 0.412 e. The van der Waals surface area contributed by atoms with E-state index >= 15 is 8.78 Å². The number of carbonyl (C=O) groups is 2. The summed E-state index contributed by atoms with van der Waals surface area (Å²) < 4.78 is 94.4. The lowest BCUT2D eigenvalue weighted by Gasteiger charge is -2.23. The Hall–Kier alpha value is -6.04. The van der Waals surface area contributed by atoms with Crippen LogP contribution in [0.25, 0.3) is 22.0 Å². The molecule has 0 saturated heterocycles. The maximum atomic E-state index is 15.3. The van der Waals surface area contributed by atoms with Gasteiger partial charge < -0.3 is 15.2 Å². The van der Waals surface area contributed by atoms with Crippen molar-refractivity contribution in [2.24, 2.45) is 7.05 Å². The highest BCUT2D eigenvalue weighted by atomic mass is 35.5. The second kappa shape index (κ2) is 15.5. The van der Waals surface area contributed by atoms with Gasteiger partial charge in [-0.15, -0.1) is 6.42 Å². The molecule has 11 nitrogen and oxygen atoms in total. The van der Waals surface area contributed by atoms with Gasteiger partial charge in [0.15, 0.2) is 5.82 Å². The summed E-state index contributed by atoms with van der Waals surface area (Å²) in [5, 5.41) is 24.0. The van der Waals surface area contributed by atoms with Crippen molar-refractivity contribution in [1.29, 1.82) is 0 Å². The van der Waals surface area contributed by atoms with Crippen molar-refractivity contribution >= 4 is 40.3 Å². The second-order valence-corrected chi connectivity index (χ2v) is 14.1. The van der Waals surface area contributed by atoms with Gasteiger partial charge in [-0.2, -0.15) is 19.0 Å². The minimum atomic E-state index is -3.70. The van der Waals surface area contributed by atoms with Crippen molar-refractivity contribution in [3.05, 3.63) is 93.0 Å². The molecule has 0 fully saturated rings. The quantitative estimate of drug-likeness (QED) is 0.105. The molecule has 18 heteroatoms. The van der Waals surface area contributed by atoms with E-state index in [0.717, 1.165) is 19.2 Å². The van der Waals surface area contributed by atoms with E-state index in [4.69, 9.17) is 27.7 Å². The van der Waals surface area contributed by atoms with E-state index in [-0.39, 0.29) is 45.2 Å². The average molecular weight is 812 g/mol. The number of pyridine rings is 1. The summed E-state index contributed by atoms with van der Waals surface area (Å²) in [5.74, 6) is -0.438. The SMILES string of the molecule is C#C[C@H]1CC(F)(F)c2c1c(C(F)F)nn2CC(=O)N[C@@H](Cc1cc(F)cc(F)c1)c1nc(C#CC(C)(C)O)ccc1-c1ccc(Cl)c2c(NC(=O)OC)nn(C)c12. The summed E-state index contributed by atoms with van der Waals surface area (Å²) in [4.78, 5) is 30.8. The van der Waals surface area contributed by atoms with Crippen molar-refractivity contribution < 1.29 is 45.8 Å². The number of anilines is 1. The summed E-state index contributed by atoms with van der Waals surface area (Å²) in [6.07, 6.45) is -0.0241. The van der Waals surface area contributed by atoms with Gasteiger partial charge in [0.1, 0.15) is 40.9 Å². The van der Waals surface area contributed by atoms with Gasteiger partial charge in [0, 0.05) is 36.2 Å². The third kappa shape index (κ3) is 8.40. The molecule has 0 unspecified atom stereocenters. The van der Waals surface area contributed by atoms with Crippen LogP contribution in [0.15, 0.2) is 42.5 Å². The topological polar surface area (TPSA) is 136 Å². The van der Waals surface area contributed by atoms with Crippen LogP contribution in [0.3, 0.4) is 0 Å². The molecular weight excluding hydrogens is 780 g/mol. The second-order valence-electron chi connectivity index (χ2n) is 13.7. The van der Waals surface area contributed by atoms with Gasteiger partial charge in [-0.25, -0.2) is 27.3 Å². The Morgan fingerprint density at radius 2 is 1.79 bits per heavy atom. The van der Waals surface area contributed by atoms with Crippen LogP contribution in [0.5, 0.6) is 0 Å². The zero-order chi connectivity index (χ0) is 41.6. The highest BCUT2D eigenvalue weighted by Crippen LogP contribution is 2.51. The van der Waals surface area contributed by atoms with E-state index in [2.05, 4.69) is 38.6 Å². The first kappa shape index (κ1) is 40.6. The van der Waals surface area contributed by atoms with Gasteiger partial charge >= 0.3 is 6.09 Å². The molecule has 2 atom stereocenters. The van der Waals surface area contributed by atoms with Crippen molar-refractivity contribution in [3.63, 3.8) is 0 Å². The van der Waals surface area contributed by atoms with Crippen LogP contribution in [-0.4, -0.2) is 54.4 Å². The Morgan fingerprint density at radius 1 is 1.11 bits per heavy atom. The maximum absolute atomic E-state index is 15.3. The third-order valence-corrected chi connectivity index (χ3v) is 9.27. The Balaban J connectivity index is 1.53. The monoisotopic (exact) mass is 811 g/mol. The lowest BCUT2D eigenvalue weighted by molar-refractivity contribution is -0.122. The number of amides is 2. The molecule has 1 aliphatic rings. The molecular formula is C39H32ClF6N7O4. The number of fused-ring (bicyclic) bond motifs is 2. The van der Waals surface area contributed by atoms with Crippen LogP contribution < -0.4 is 10.6 Å². The Labute approximate surface area is 326 Å². The van der Waals surface area contributed by atoms with Gasteiger partial charge in [-0.3, -0.25) is 19.5 Å². The number of aryl methyl sites for hydroxylation is 1. The predicted octanol–water partition coefficient (Wildman–Crippen LogP) is 7.31. The van der Waals surface area contributed by atoms with Crippen LogP contribution in [0.2, 0.25) is 5.02 Å². The van der Waals surface area contributed by atoms with E-state index in [1.54, 1.807) is 19.2 Å². The molecule has 0 aliphatic heterocycles. The lowest BCUT2D eigenvalue weighted by atomic mass is 9.93. The van der Waals surface area contributed by atoms with Crippen LogP contribution in [0.1, 0.15) is 72.6 Å². The van der Waals surface area contributed by atoms with E-state index in [9.17, 15) is 32.3 Å². The maximum Gasteiger partial charge on any atom is 0.412 e. The van der Waals surface area contributed by atoms with E-state index in [1.165, 1.54) is 30.7 Å². The summed E-state index contributed by atoms with van der Waals surface area (Å²) >= 11 is 6.61. The standard InChI is InChI=1S/C39H32ClF6N7O4/c1-6-20-17-39(45,46)34-29(20)32(35(43)44)50-53(34)18-28(54)48-27(15-19-13-21(41)16-22(42)14-19)31-24(8-7-23(47-31)11-12-38(2,3)56)25-9-10-26(40)30-33(25)52(4)51-36(30)49-37(55)57-5/h1,7-10,13-14,16,20,27,35,56H,15,17-18H2,2-5H3,(H,48,54)(H,49,51,55)/t20-,27-/m0/s1. The fourth-order valence-electron chi connectivity index (χ4n) is 6.74. The highest BCUT2D eigenvalue weighted by molar-refractivity contribution is 6.37. The Bertz CT molecular complexity index is 2510. The summed E-state index contributed by atoms with van der Waals surface area (Å²) in [5.41, 5.74) is -2.73. The highest BCUT2D eigenvalue weighted by Gasteiger charge is 2.51. The molecule has 1 aliphatic carbocycles. The normalized spacial score (nSPS) is 15.1. The number of nitrogens with one attached hydrogen (secondary N) is 2. The molecule has 0 spiro atoms. The first-order valence-corrected chi connectivity index (χ1v) is 17.4. The number of carbonyl (C=O) groups excluding carboxylic acids is 2. The molecule has 57 heavy (non-hydrogen) atoms. The minimum Gasteiger partial charge on any atom is -0.453 e. The molecule has 5 aromatic rings. The van der Waals surface area contributed by atoms with Gasteiger partial charge in [-0.1, -0.05) is 29.5 Å². The third-order valence-electron chi connectivity index (χ3n) is 8.96. The first-order valence-electron chi connectivity index (χ1n) is 17.0. The zero-order valence-corrected chi connectivity index (χ0v) is 31.3. The number of benzene rings is 2. The van der Waals surface area contributed by atoms with Crippen LogP contribution in [0, 0.1) is 35.8 Å². The predicted molar refractivity (Wildman–Crippen MR) is 196 cm³/mol. The van der Waals surface area contributed by atoms with E-state index in [1.807, 2.05) is 0 Å². The lowest BCUT2D eigenvalue weighted by Crippen LogP contribution is -2.35. The van der Waals surface area contributed by atoms with Crippen molar-refractivity contribution in [1.82, 2.24) is 29.9 Å². The van der Waals surface area contributed by atoms with Crippen LogP contribution >= 0.6 is 11.6 Å². The number of nitrogens with zero attached hydrogens (tertiary/aromatic N) is 5. The molecule has 3 N–H and O–H groups in total. The molecule has 3 heterocycles. The largest absolute Gasteiger partial charge is 0.453 e. The number of aliphatic hydroxyl groups is 1. The number of hydrogen-bond acceptors (Lipinski definition) is 7. The van der Waals surface area contributed by atoms with Crippen molar-refractivity contribution in [3.8, 4) is 35.3 Å². The minimum absolute atomic E-state index is 0.0274. The molecule has 296 valence electrons. The van der Waals surface area contributed by atoms with Crippen LogP contribution in [-0.2, 0) is 35.5 Å². The Kier molecular flexibility index (Phi) is 11.0. The molecule has 0 bridgehead atoms. The number of hydrogen-bond donors (Lipinski definition) is 3. The van der Waals surface area contributed by atoms with Gasteiger partial charge in [0.25, 0.3) is 12.3 Å². The van der Waals surface area contributed by atoms with E-state index in [0.29, 0.717) is 21.8 Å². The summed E-state index contributed by atoms with van der Waals surface area (Å²) in [6, 6.07) is 7.52. The fourth-order valence-corrected chi connectivity index (χ4v) is 6.98. The van der Waals surface area contributed by atoms with Crippen molar-refractivity contribution in [2.75, 3.05) is 12.4 Å². The molecule has 0 radical (unpaired) electrons. The van der Waals surface area contributed by atoms with Gasteiger partial charge in [0.2, 0.25) is 5.91 Å². The average Bonchev–Trinajstić information content (AvgIpc) is 3.76. The summed E-state index contributed by atoms with van der Waals surface area (Å²) in [6.45, 7) is 1.88. The molecule has 3 aromatic heterocycles. The first-order chi connectivity index (χ1) is 26.8. The van der Waals surface area contributed by atoms with Gasteiger partial charge in [0.05, 0.1) is 40.7 Å². The zero-order valence-electron chi connectivity index (χ0n) is 30.5. The number of alkyl halides is 4.